The fourth-order valence-electron chi connectivity index (χ4n) is 0.666. The maximum absolute atomic E-state index is 3.92. The monoisotopic (exact) mass is 135 g/mol. The van der Waals surface area contributed by atoms with Gasteiger partial charge < -0.3 is 0 Å². The van der Waals surface area contributed by atoms with Gasteiger partial charge in [-0.3, -0.25) is 4.98 Å². The Kier molecular flexibility index (Phi) is 0.960. The second-order valence-corrected chi connectivity index (χ2v) is 2.47. The lowest BCUT2D eigenvalue weighted by Crippen LogP contribution is -1.64. The zero-order valence-corrected chi connectivity index (χ0v) is 5.35. The van der Waals surface area contributed by atoms with E-state index in [1.54, 1.807) is 12.4 Å². The third kappa shape index (κ3) is 0.695. The fourth-order valence-corrected chi connectivity index (χ4v) is 1.23. The van der Waals surface area contributed by atoms with Crippen molar-refractivity contribution >= 4 is 21.6 Å². The molecule has 0 N–H and O–H groups in total. The van der Waals surface area contributed by atoms with Crippen LogP contribution in [0.25, 0.3) is 10.1 Å². The van der Waals surface area contributed by atoms with Crippen molar-refractivity contribution in [2.75, 3.05) is 0 Å². The molecule has 9 heavy (non-hydrogen) atoms. The van der Waals surface area contributed by atoms with E-state index < -0.39 is 0 Å². The zero-order valence-electron chi connectivity index (χ0n) is 4.53. The molecule has 0 spiro atoms. The predicted octanol–water partition coefficient (Wildman–Crippen LogP) is 1.49. The Morgan fingerprint density at radius 2 is 2.56 bits per heavy atom. The van der Waals surface area contributed by atoms with Crippen molar-refractivity contribution < 1.29 is 0 Å². The molecule has 3 heteroatoms. The van der Waals surface area contributed by atoms with Gasteiger partial charge in [0, 0.05) is 17.8 Å². The van der Waals surface area contributed by atoms with E-state index in [9.17, 15) is 0 Å². The fraction of sp³-hybridized carbons (Fsp3) is 0. The van der Waals surface area contributed by atoms with Crippen LogP contribution in [-0.2, 0) is 0 Å². The van der Waals surface area contributed by atoms with Crippen molar-refractivity contribution in [1.82, 2.24) is 9.36 Å². The molecule has 2 aromatic heterocycles. The van der Waals surface area contributed by atoms with Crippen LogP contribution in [0, 0.1) is 6.20 Å². The lowest BCUT2D eigenvalue weighted by Gasteiger charge is -1.79. The van der Waals surface area contributed by atoms with Gasteiger partial charge in [-0.1, -0.05) is 0 Å². The van der Waals surface area contributed by atoms with E-state index in [0.29, 0.717) is 0 Å². The molecule has 0 aromatic carbocycles. The summed E-state index contributed by atoms with van der Waals surface area (Å²) in [5.41, 5.74) is 0. The first-order valence-electron chi connectivity index (χ1n) is 2.54. The second kappa shape index (κ2) is 1.77. The average Bonchev–Trinajstić information content (AvgIpc) is 2.33. The normalized spacial score (nSPS) is 10.2. The maximum Gasteiger partial charge on any atom is 0.114 e. The van der Waals surface area contributed by atoms with E-state index >= 15 is 0 Å². The van der Waals surface area contributed by atoms with Crippen LogP contribution in [0.2, 0.25) is 0 Å². The summed E-state index contributed by atoms with van der Waals surface area (Å²) in [7, 11) is 0. The highest BCUT2D eigenvalue weighted by Gasteiger charge is 1.91. The van der Waals surface area contributed by atoms with Crippen molar-refractivity contribution in [1.29, 1.82) is 0 Å². The summed E-state index contributed by atoms with van der Waals surface area (Å²) >= 11 is 1.44. The summed E-state index contributed by atoms with van der Waals surface area (Å²) in [6, 6.07) is 1.93. The van der Waals surface area contributed by atoms with Crippen LogP contribution in [-0.4, -0.2) is 9.36 Å². The quantitative estimate of drug-likeness (QED) is 0.547. The van der Waals surface area contributed by atoms with E-state index in [1.807, 2.05) is 6.07 Å². The number of rotatable bonds is 0. The topological polar surface area (TPSA) is 25.8 Å². The molecule has 0 aliphatic carbocycles. The molecule has 0 amide bonds. The summed E-state index contributed by atoms with van der Waals surface area (Å²) in [6.45, 7) is 0. The van der Waals surface area contributed by atoms with E-state index in [2.05, 4.69) is 15.6 Å². The SMILES string of the molecule is [c]1nsc2ccncc12. The van der Waals surface area contributed by atoms with E-state index in [0.717, 1.165) is 10.1 Å². The van der Waals surface area contributed by atoms with Gasteiger partial charge in [0.15, 0.2) is 0 Å². The zero-order chi connectivity index (χ0) is 6.10. The summed E-state index contributed by atoms with van der Waals surface area (Å²) < 4.78 is 5.02. The number of aromatic nitrogens is 2. The van der Waals surface area contributed by atoms with Gasteiger partial charge in [-0.2, -0.15) is 4.37 Å². The van der Waals surface area contributed by atoms with Crippen LogP contribution in [0.3, 0.4) is 0 Å². The summed E-state index contributed by atoms with van der Waals surface area (Å²) in [4.78, 5) is 3.92. The standard InChI is InChI=1S/C6H3N2S/c1-2-7-3-5-4-8-9-6(1)5/h1-3H. The van der Waals surface area contributed by atoms with Crippen LogP contribution in [0.4, 0.5) is 0 Å². The molecule has 2 aromatic rings. The van der Waals surface area contributed by atoms with Crippen LogP contribution in [0.15, 0.2) is 18.5 Å². The Morgan fingerprint density at radius 1 is 1.56 bits per heavy atom. The smallest absolute Gasteiger partial charge is 0.114 e. The largest absolute Gasteiger partial charge is 0.264 e. The Hall–Kier alpha value is -0.960. The molecule has 0 unspecified atom stereocenters. The van der Waals surface area contributed by atoms with E-state index in [-0.39, 0.29) is 0 Å². The third-order valence-corrected chi connectivity index (χ3v) is 1.83. The number of hydrogen-bond acceptors (Lipinski definition) is 3. The maximum atomic E-state index is 3.92. The minimum absolute atomic E-state index is 1.00. The molecular formula is C6H3N2S. The lowest BCUT2D eigenvalue weighted by atomic mass is 10.4. The van der Waals surface area contributed by atoms with Gasteiger partial charge >= 0.3 is 0 Å². The van der Waals surface area contributed by atoms with Crippen LogP contribution in [0.5, 0.6) is 0 Å². The predicted molar refractivity (Wildman–Crippen MR) is 36.3 cm³/mol. The van der Waals surface area contributed by atoms with Gasteiger partial charge in [0.25, 0.3) is 0 Å². The molecule has 0 saturated carbocycles. The van der Waals surface area contributed by atoms with E-state index in [1.165, 1.54) is 11.5 Å². The van der Waals surface area contributed by atoms with Crippen LogP contribution >= 0.6 is 11.5 Å². The molecule has 0 aliphatic rings. The summed E-state index contributed by atoms with van der Waals surface area (Å²) in [5, 5.41) is 1.00. The first kappa shape index (κ1) is 4.88. The van der Waals surface area contributed by atoms with Gasteiger partial charge in [0.2, 0.25) is 0 Å². The van der Waals surface area contributed by atoms with Gasteiger partial charge in [0.05, 0.1) is 4.70 Å². The molecule has 43 valence electrons. The van der Waals surface area contributed by atoms with Crippen LogP contribution < -0.4 is 0 Å². The second-order valence-electron chi connectivity index (χ2n) is 1.67. The molecular weight excluding hydrogens is 132 g/mol. The van der Waals surface area contributed by atoms with Crippen molar-refractivity contribution in [3.8, 4) is 0 Å². The highest BCUT2D eigenvalue weighted by Crippen LogP contribution is 2.13. The van der Waals surface area contributed by atoms with Crippen molar-refractivity contribution in [3.63, 3.8) is 0 Å². The third-order valence-electron chi connectivity index (χ3n) is 1.09. The van der Waals surface area contributed by atoms with Crippen molar-refractivity contribution in [3.05, 3.63) is 24.7 Å². The first-order chi connectivity index (χ1) is 4.47. The lowest BCUT2D eigenvalue weighted by molar-refractivity contribution is 1.37. The Bertz CT molecular complexity index is 285. The molecule has 2 nitrogen and oxygen atoms in total. The molecule has 0 bridgehead atoms. The average molecular weight is 135 g/mol. The molecule has 2 heterocycles. The molecule has 1 radical (unpaired) electrons. The molecule has 0 fully saturated rings. The minimum Gasteiger partial charge on any atom is -0.264 e. The molecule has 2 rings (SSSR count). The van der Waals surface area contributed by atoms with Crippen LogP contribution in [0.1, 0.15) is 0 Å². The summed E-state index contributed by atoms with van der Waals surface area (Å²) in [5.74, 6) is 0. The number of hydrogen-bond donors (Lipinski definition) is 0. The van der Waals surface area contributed by atoms with Gasteiger partial charge in [-0.25, -0.2) is 0 Å². The van der Waals surface area contributed by atoms with Gasteiger partial charge in [0.1, 0.15) is 6.20 Å². The molecule has 0 atom stereocenters. The Morgan fingerprint density at radius 3 is 3.44 bits per heavy atom. The highest BCUT2D eigenvalue weighted by molar-refractivity contribution is 7.13. The van der Waals surface area contributed by atoms with Crippen molar-refractivity contribution in [2.24, 2.45) is 0 Å². The first-order valence-corrected chi connectivity index (χ1v) is 3.31. The van der Waals surface area contributed by atoms with E-state index in [4.69, 9.17) is 0 Å². The summed E-state index contributed by atoms with van der Waals surface area (Å²) in [6.07, 6.45) is 6.35. The minimum atomic E-state index is 1.00. The van der Waals surface area contributed by atoms with Crippen molar-refractivity contribution in [2.45, 2.75) is 0 Å². The molecule has 0 saturated heterocycles. The number of fused-ring (bicyclic) bond motifs is 1. The Labute approximate surface area is 56.3 Å². The number of nitrogens with zero attached hydrogens (tertiary/aromatic N) is 2. The molecule has 0 aliphatic heterocycles. The highest BCUT2D eigenvalue weighted by atomic mass is 32.1. The number of pyridine rings is 1. The van der Waals surface area contributed by atoms with Gasteiger partial charge in [-0.15, -0.1) is 0 Å². The Balaban J connectivity index is 2.95. The van der Waals surface area contributed by atoms with Gasteiger partial charge in [-0.05, 0) is 17.6 Å².